The summed E-state index contributed by atoms with van der Waals surface area (Å²) >= 11 is 5.94. The Kier molecular flexibility index (Phi) is 10.5. The normalized spacial score (nSPS) is 10.8. The summed E-state index contributed by atoms with van der Waals surface area (Å²) in [4.78, 5) is 33.7. The minimum Gasteiger partial charge on any atom is -0.495 e. The first-order valence-corrected chi connectivity index (χ1v) is 17.3. The number of fused-ring (bicyclic) bond motifs is 2. The van der Waals surface area contributed by atoms with Crippen molar-refractivity contribution in [3.63, 3.8) is 0 Å². The molecule has 2 aromatic heterocycles. The summed E-state index contributed by atoms with van der Waals surface area (Å²) in [5.74, 6) is 0.390. The van der Waals surface area contributed by atoms with Crippen LogP contribution < -0.4 is 15.4 Å². The number of benzene rings is 6. The number of imidazole rings is 2. The second-order valence-electron chi connectivity index (χ2n) is 12.2. The summed E-state index contributed by atoms with van der Waals surface area (Å²) in [7, 11) is 1.59. The van der Waals surface area contributed by atoms with E-state index in [2.05, 4.69) is 20.6 Å². The number of amides is 2. The SMILES string of the molecule is COc1ccc(-c2ccccc2)cc1NC(=O)Cn1cnc2ccccc21.O=C(Cn1cnc2ccccc21)Nc1cccc(-c2ccc(Cl)cc2)c1. The number of carbonyl (C=O) groups is 2. The zero-order chi connectivity index (χ0) is 36.6. The summed E-state index contributed by atoms with van der Waals surface area (Å²) in [6.45, 7) is 0.394. The molecule has 2 heterocycles. The monoisotopic (exact) mass is 718 g/mol. The Morgan fingerprint density at radius 3 is 1.75 bits per heavy atom. The second kappa shape index (κ2) is 16.1. The van der Waals surface area contributed by atoms with Crippen molar-refractivity contribution in [2.24, 2.45) is 0 Å². The van der Waals surface area contributed by atoms with E-state index in [4.69, 9.17) is 16.3 Å². The third-order valence-electron chi connectivity index (χ3n) is 8.59. The lowest BCUT2D eigenvalue weighted by atomic mass is 10.0. The Labute approximate surface area is 311 Å². The van der Waals surface area contributed by atoms with Gasteiger partial charge in [0.25, 0.3) is 0 Å². The van der Waals surface area contributed by atoms with E-state index < -0.39 is 0 Å². The zero-order valence-corrected chi connectivity index (χ0v) is 29.6. The van der Waals surface area contributed by atoms with Crippen molar-refractivity contribution >= 4 is 56.9 Å². The second-order valence-corrected chi connectivity index (χ2v) is 12.6. The quantitative estimate of drug-likeness (QED) is 0.155. The predicted octanol–water partition coefficient (Wildman–Crippen LogP) is 9.35. The molecule has 0 unspecified atom stereocenters. The maximum Gasteiger partial charge on any atom is 0.244 e. The van der Waals surface area contributed by atoms with E-state index in [9.17, 15) is 9.59 Å². The van der Waals surface area contributed by atoms with Crippen LogP contribution >= 0.6 is 11.6 Å². The summed E-state index contributed by atoms with van der Waals surface area (Å²) in [6, 6.07) is 46.7. The van der Waals surface area contributed by atoms with Crippen molar-refractivity contribution in [2.45, 2.75) is 13.1 Å². The van der Waals surface area contributed by atoms with E-state index in [-0.39, 0.29) is 24.9 Å². The number of nitrogens with one attached hydrogen (secondary N) is 2. The lowest BCUT2D eigenvalue weighted by Gasteiger charge is -2.13. The molecule has 0 aliphatic carbocycles. The van der Waals surface area contributed by atoms with Crippen molar-refractivity contribution < 1.29 is 14.3 Å². The Balaban J connectivity index is 0.000000164. The fourth-order valence-corrected chi connectivity index (χ4v) is 6.13. The molecule has 8 rings (SSSR count). The van der Waals surface area contributed by atoms with Gasteiger partial charge in [-0.25, -0.2) is 9.97 Å². The van der Waals surface area contributed by atoms with Crippen LogP contribution in [0.15, 0.2) is 158 Å². The van der Waals surface area contributed by atoms with Crippen molar-refractivity contribution in [3.8, 4) is 28.0 Å². The summed E-state index contributed by atoms with van der Waals surface area (Å²) in [5.41, 5.74) is 9.18. The first kappa shape index (κ1) is 34.7. The number of ether oxygens (including phenoxy) is 1. The number of rotatable bonds is 9. The molecule has 0 aliphatic rings. The lowest BCUT2D eigenvalue weighted by Crippen LogP contribution is -2.18. The van der Waals surface area contributed by atoms with Gasteiger partial charge in [-0.05, 0) is 82.9 Å². The molecule has 0 aliphatic heterocycles. The summed E-state index contributed by atoms with van der Waals surface area (Å²) in [5, 5.41) is 6.61. The number of hydrogen-bond donors (Lipinski definition) is 2. The number of nitrogens with zero attached hydrogens (tertiary/aromatic N) is 4. The van der Waals surface area contributed by atoms with E-state index in [1.165, 1.54) is 0 Å². The third-order valence-corrected chi connectivity index (χ3v) is 8.84. The predicted molar refractivity (Wildman–Crippen MR) is 212 cm³/mol. The highest BCUT2D eigenvalue weighted by atomic mass is 35.5. The van der Waals surface area contributed by atoms with E-state index in [1.54, 1.807) is 19.8 Å². The van der Waals surface area contributed by atoms with Gasteiger partial charge in [-0.15, -0.1) is 0 Å². The van der Waals surface area contributed by atoms with Crippen molar-refractivity contribution in [1.82, 2.24) is 19.1 Å². The Hall–Kier alpha value is -6.71. The lowest BCUT2D eigenvalue weighted by molar-refractivity contribution is -0.117. The molecule has 262 valence electrons. The standard InChI is InChI=1S/C22H19N3O2.C21H16ClN3O/c1-27-21-12-11-17(16-7-3-2-4-8-16)13-19(21)24-22(26)14-25-15-23-18-9-5-6-10-20(18)25;22-17-10-8-15(9-11-17)16-4-3-5-18(12-16)24-21(26)13-25-14-23-19-6-1-2-7-20(19)25/h2-13,15H,14H2,1H3,(H,24,26);1-12,14H,13H2,(H,24,26). The molecule has 10 heteroatoms. The average Bonchev–Trinajstić information content (AvgIpc) is 3.79. The van der Waals surface area contributed by atoms with Gasteiger partial charge in [0.15, 0.2) is 0 Å². The number of methoxy groups -OCH3 is 1. The first-order valence-electron chi connectivity index (χ1n) is 16.9. The minimum atomic E-state index is -0.137. The van der Waals surface area contributed by atoms with Crippen LogP contribution in [-0.4, -0.2) is 38.0 Å². The van der Waals surface area contributed by atoms with Crippen molar-refractivity contribution in [2.75, 3.05) is 17.7 Å². The maximum atomic E-state index is 12.6. The number of anilines is 2. The molecule has 0 saturated carbocycles. The highest BCUT2D eigenvalue weighted by molar-refractivity contribution is 6.30. The molecular weight excluding hydrogens is 684 g/mol. The zero-order valence-electron chi connectivity index (χ0n) is 28.8. The third kappa shape index (κ3) is 8.44. The van der Waals surface area contributed by atoms with Crippen LogP contribution in [0.3, 0.4) is 0 Å². The fourth-order valence-electron chi connectivity index (χ4n) is 6.01. The highest BCUT2D eigenvalue weighted by Gasteiger charge is 2.12. The van der Waals surface area contributed by atoms with Gasteiger partial charge in [0.2, 0.25) is 11.8 Å². The topological polar surface area (TPSA) is 103 Å². The number of para-hydroxylation sites is 4. The van der Waals surface area contributed by atoms with E-state index >= 15 is 0 Å². The van der Waals surface area contributed by atoms with E-state index in [0.29, 0.717) is 16.5 Å². The summed E-state index contributed by atoms with van der Waals surface area (Å²) < 4.78 is 9.08. The van der Waals surface area contributed by atoms with Gasteiger partial charge in [0.1, 0.15) is 18.8 Å². The molecule has 0 spiro atoms. The highest BCUT2D eigenvalue weighted by Crippen LogP contribution is 2.31. The van der Waals surface area contributed by atoms with Gasteiger partial charge in [-0.3, -0.25) is 9.59 Å². The van der Waals surface area contributed by atoms with Crippen LogP contribution in [0.5, 0.6) is 5.75 Å². The van der Waals surface area contributed by atoms with Crippen molar-refractivity contribution in [3.05, 3.63) is 163 Å². The van der Waals surface area contributed by atoms with Gasteiger partial charge in [0, 0.05) is 10.7 Å². The molecule has 2 amide bonds. The Morgan fingerprint density at radius 1 is 0.585 bits per heavy atom. The van der Waals surface area contributed by atoms with Crippen LogP contribution in [0.4, 0.5) is 11.4 Å². The molecule has 0 radical (unpaired) electrons. The van der Waals surface area contributed by atoms with Gasteiger partial charge in [-0.2, -0.15) is 0 Å². The van der Waals surface area contributed by atoms with Gasteiger partial charge < -0.3 is 24.5 Å². The van der Waals surface area contributed by atoms with Crippen LogP contribution in [0.2, 0.25) is 5.02 Å². The molecule has 0 atom stereocenters. The molecule has 2 N–H and O–H groups in total. The number of hydrogen-bond acceptors (Lipinski definition) is 5. The average molecular weight is 719 g/mol. The van der Waals surface area contributed by atoms with Crippen LogP contribution in [0, 0.1) is 0 Å². The minimum absolute atomic E-state index is 0.0959. The maximum absolute atomic E-state index is 12.6. The largest absolute Gasteiger partial charge is 0.495 e. The molecule has 6 aromatic carbocycles. The number of carbonyl (C=O) groups excluding carboxylic acids is 2. The number of aromatic nitrogens is 4. The van der Waals surface area contributed by atoms with Crippen LogP contribution in [-0.2, 0) is 22.7 Å². The molecule has 53 heavy (non-hydrogen) atoms. The molecule has 9 nitrogen and oxygen atoms in total. The molecule has 0 saturated heterocycles. The van der Waals surface area contributed by atoms with Gasteiger partial charge in [0.05, 0.1) is 47.5 Å². The smallest absolute Gasteiger partial charge is 0.244 e. The first-order chi connectivity index (χ1) is 25.9. The van der Waals surface area contributed by atoms with Crippen LogP contribution in [0.25, 0.3) is 44.3 Å². The molecule has 0 fully saturated rings. The summed E-state index contributed by atoms with van der Waals surface area (Å²) in [6.07, 6.45) is 3.37. The molecule has 0 bridgehead atoms. The molecular formula is C43H35ClN6O3. The van der Waals surface area contributed by atoms with E-state index in [0.717, 1.165) is 50.0 Å². The van der Waals surface area contributed by atoms with E-state index in [1.807, 2.05) is 155 Å². The van der Waals surface area contributed by atoms with Crippen LogP contribution in [0.1, 0.15) is 0 Å². The Bertz CT molecular complexity index is 2510. The number of halogens is 1. The molecule has 8 aromatic rings. The fraction of sp³-hybridized carbons (Fsp3) is 0.0698. The van der Waals surface area contributed by atoms with Gasteiger partial charge >= 0.3 is 0 Å². The van der Waals surface area contributed by atoms with Gasteiger partial charge in [-0.1, -0.05) is 96.5 Å². The van der Waals surface area contributed by atoms with Crippen molar-refractivity contribution in [1.29, 1.82) is 0 Å². The Morgan fingerprint density at radius 2 is 1.11 bits per heavy atom.